The molecule has 1 fully saturated rings. The molecule has 0 saturated carbocycles. The zero-order valence-corrected chi connectivity index (χ0v) is 21.3. The highest BCUT2D eigenvalue weighted by Crippen LogP contribution is 2.18. The number of hydrogen-bond donors (Lipinski definition) is 0. The van der Waals surface area contributed by atoms with Crippen LogP contribution in [0.15, 0.2) is 24.3 Å². The largest absolute Gasteiger partial charge is 0.511 e. The van der Waals surface area contributed by atoms with E-state index in [2.05, 4.69) is 38.2 Å². The highest BCUT2D eigenvalue weighted by molar-refractivity contribution is 5.72. The van der Waals surface area contributed by atoms with Crippen molar-refractivity contribution in [2.24, 2.45) is 5.92 Å². The Labute approximate surface area is 201 Å². The maximum Gasteiger partial charge on any atom is 0.511 e. The summed E-state index contributed by atoms with van der Waals surface area (Å²) in [6, 6.07) is 0. The zero-order valence-electron chi connectivity index (χ0n) is 21.3. The average Bonchev–Trinajstić information content (AvgIpc) is 2.77. The van der Waals surface area contributed by atoms with Gasteiger partial charge in [-0.3, -0.25) is 9.69 Å². The van der Waals surface area contributed by atoms with Gasteiger partial charge >= 0.3 is 12.1 Å². The van der Waals surface area contributed by atoms with E-state index in [-0.39, 0.29) is 24.8 Å². The summed E-state index contributed by atoms with van der Waals surface area (Å²) in [6.45, 7) is 5.34. The molecular weight excluding hydrogens is 418 g/mol. The molecule has 1 heterocycles. The maximum atomic E-state index is 12.3. The first-order chi connectivity index (χ1) is 16.1. The Kier molecular flexibility index (Phi) is 17.4. The summed E-state index contributed by atoms with van der Waals surface area (Å²) in [7, 11) is 1.95. The van der Waals surface area contributed by atoms with Crippen LogP contribution in [0.1, 0.15) is 97.3 Å². The molecule has 1 rings (SSSR count). The van der Waals surface area contributed by atoms with E-state index in [4.69, 9.17) is 14.2 Å². The molecule has 1 unspecified atom stereocenters. The minimum Gasteiger partial charge on any atom is -0.428 e. The van der Waals surface area contributed by atoms with Crippen molar-refractivity contribution in [3.63, 3.8) is 0 Å². The molecule has 0 aromatic carbocycles. The van der Waals surface area contributed by atoms with Gasteiger partial charge in [0.25, 0.3) is 0 Å². The van der Waals surface area contributed by atoms with Gasteiger partial charge in [-0.25, -0.2) is 4.79 Å². The summed E-state index contributed by atoms with van der Waals surface area (Å²) < 4.78 is 15.1. The van der Waals surface area contributed by atoms with Crippen LogP contribution in [0.4, 0.5) is 4.79 Å². The smallest absolute Gasteiger partial charge is 0.428 e. The van der Waals surface area contributed by atoms with Crippen LogP contribution >= 0.6 is 0 Å². The van der Waals surface area contributed by atoms with Gasteiger partial charge in [0.05, 0.1) is 5.92 Å². The van der Waals surface area contributed by atoms with Crippen molar-refractivity contribution in [2.75, 3.05) is 26.9 Å². The minimum atomic E-state index is -0.773. The first-order valence-electron chi connectivity index (χ1n) is 13.0. The number of likely N-dealkylation sites (tertiary alicyclic amines) is 1. The molecule has 33 heavy (non-hydrogen) atoms. The monoisotopic (exact) mass is 465 g/mol. The predicted molar refractivity (Wildman–Crippen MR) is 133 cm³/mol. The van der Waals surface area contributed by atoms with Crippen molar-refractivity contribution < 1.29 is 23.8 Å². The number of esters is 1. The van der Waals surface area contributed by atoms with Crippen LogP contribution < -0.4 is 0 Å². The highest BCUT2D eigenvalue weighted by atomic mass is 16.8. The molecule has 1 atom stereocenters. The van der Waals surface area contributed by atoms with Crippen LogP contribution in [0.3, 0.4) is 0 Å². The number of ether oxygens (including phenoxy) is 3. The second-order valence-corrected chi connectivity index (χ2v) is 9.09. The van der Waals surface area contributed by atoms with Gasteiger partial charge in [0.2, 0.25) is 6.79 Å². The molecule has 0 amide bonds. The van der Waals surface area contributed by atoms with Crippen LogP contribution in [0.5, 0.6) is 0 Å². The lowest BCUT2D eigenvalue weighted by atomic mass is 9.96. The summed E-state index contributed by atoms with van der Waals surface area (Å²) >= 11 is 0. The Hall–Kier alpha value is -1.82. The third kappa shape index (κ3) is 15.6. The zero-order chi connectivity index (χ0) is 24.2. The van der Waals surface area contributed by atoms with Crippen LogP contribution in [0, 0.1) is 5.92 Å². The highest BCUT2D eigenvalue weighted by Gasteiger charge is 2.27. The van der Waals surface area contributed by atoms with E-state index in [9.17, 15) is 9.59 Å². The second-order valence-electron chi connectivity index (χ2n) is 9.09. The van der Waals surface area contributed by atoms with Crippen LogP contribution in [0.2, 0.25) is 0 Å². The fourth-order valence-electron chi connectivity index (χ4n) is 3.89. The lowest BCUT2D eigenvalue weighted by Crippen LogP contribution is -2.50. The minimum absolute atomic E-state index is 0.126. The Morgan fingerprint density at radius 1 is 0.848 bits per heavy atom. The van der Waals surface area contributed by atoms with E-state index in [1.54, 1.807) is 0 Å². The predicted octanol–water partition coefficient (Wildman–Crippen LogP) is 6.79. The molecule has 0 bridgehead atoms. The molecule has 0 N–H and O–H groups in total. The number of hydrogen-bond acceptors (Lipinski definition) is 6. The molecule has 190 valence electrons. The van der Waals surface area contributed by atoms with Gasteiger partial charge in [0, 0.05) is 13.1 Å². The lowest BCUT2D eigenvalue weighted by molar-refractivity contribution is -0.160. The number of carbonyl (C=O) groups excluding carboxylic acids is 2. The van der Waals surface area contributed by atoms with Gasteiger partial charge in [-0.05, 0) is 52.0 Å². The Morgan fingerprint density at radius 3 is 2.15 bits per heavy atom. The fourth-order valence-corrected chi connectivity index (χ4v) is 3.89. The standard InChI is InChI=1S/C27H47NO5/c1-4-6-7-8-9-10-11-12-13-14-15-16-17-18-20-24(19-5-2)26(29)31-23-32-27(30)33-25-21-28(3)22-25/h9-10,12-13,24-25H,4-8,11,14-23H2,1-3H3. The van der Waals surface area contributed by atoms with Crippen molar-refractivity contribution in [1.29, 1.82) is 0 Å². The normalized spacial score (nSPS) is 15.6. The van der Waals surface area contributed by atoms with Crippen molar-refractivity contribution in [2.45, 2.75) is 103 Å². The van der Waals surface area contributed by atoms with Crippen LogP contribution in [-0.4, -0.2) is 50.1 Å². The maximum absolute atomic E-state index is 12.3. The molecule has 6 heteroatoms. The van der Waals surface area contributed by atoms with E-state index in [0.29, 0.717) is 13.1 Å². The van der Waals surface area contributed by atoms with Crippen molar-refractivity contribution in [1.82, 2.24) is 4.90 Å². The second kappa shape index (κ2) is 19.6. The van der Waals surface area contributed by atoms with E-state index < -0.39 is 6.16 Å². The molecule has 0 radical (unpaired) electrons. The Bertz CT molecular complexity index is 569. The molecular formula is C27H47NO5. The number of likely N-dealkylation sites (N-methyl/N-ethyl adjacent to an activating group) is 1. The molecule has 0 aromatic rings. The Balaban J connectivity index is 2.04. The molecule has 1 saturated heterocycles. The quantitative estimate of drug-likeness (QED) is 0.0905. The molecule has 0 aromatic heterocycles. The topological polar surface area (TPSA) is 65.1 Å². The average molecular weight is 466 g/mol. The van der Waals surface area contributed by atoms with Crippen LogP contribution in [-0.2, 0) is 19.0 Å². The summed E-state index contributed by atoms with van der Waals surface area (Å²) in [4.78, 5) is 26.0. The van der Waals surface area contributed by atoms with Crippen molar-refractivity contribution >= 4 is 12.1 Å². The van der Waals surface area contributed by atoms with E-state index in [1.807, 2.05) is 11.9 Å². The Morgan fingerprint density at radius 2 is 1.52 bits per heavy atom. The summed E-state index contributed by atoms with van der Waals surface area (Å²) in [6.07, 6.45) is 22.5. The number of carbonyl (C=O) groups is 2. The fraction of sp³-hybridized carbons (Fsp3) is 0.778. The van der Waals surface area contributed by atoms with Gasteiger partial charge in [-0.2, -0.15) is 0 Å². The summed E-state index contributed by atoms with van der Waals surface area (Å²) in [5.41, 5.74) is 0. The lowest BCUT2D eigenvalue weighted by Gasteiger charge is -2.34. The first kappa shape index (κ1) is 29.2. The van der Waals surface area contributed by atoms with E-state index in [0.717, 1.165) is 44.9 Å². The van der Waals surface area contributed by atoms with Crippen molar-refractivity contribution in [3.05, 3.63) is 24.3 Å². The van der Waals surface area contributed by atoms with E-state index >= 15 is 0 Å². The van der Waals surface area contributed by atoms with Gasteiger partial charge in [0.15, 0.2) is 0 Å². The number of rotatable bonds is 19. The van der Waals surface area contributed by atoms with Gasteiger partial charge in [-0.15, -0.1) is 0 Å². The number of nitrogens with zero attached hydrogens (tertiary/aromatic N) is 1. The van der Waals surface area contributed by atoms with Gasteiger partial charge < -0.3 is 14.2 Å². The van der Waals surface area contributed by atoms with Crippen LogP contribution in [0.25, 0.3) is 0 Å². The third-order valence-corrected chi connectivity index (χ3v) is 5.90. The molecule has 1 aliphatic rings. The number of allylic oxidation sites excluding steroid dienone is 4. The molecule has 0 aliphatic carbocycles. The summed E-state index contributed by atoms with van der Waals surface area (Å²) in [5, 5.41) is 0. The number of unbranched alkanes of at least 4 members (excludes halogenated alkanes) is 7. The molecule has 6 nitrogen and oxygen atoms in total. The third-order valence-electron chi connectivity index (χ3n) is 5.90. The molecule has 0 spiro atoms. The SMILES string of the molecule is CCCCCC=CCC=CCCCCCCC(CCC)C(=O)OCOC(=O)OC1CN(C)C1. The first-order valence-corrected chi connectivity index (χ1v) is 13.0. The van der Waals surface area contributed by atoms with Gasteiger partial charge in [0.1, 0.15) is 6.10 Å². The molecule has 1 aliphatic heterocycles. The summed E-state index contributed by atoms with van der Waals surface area (Å²) in [5.74, 6) is -0.405. The van der Waals surface area contributed by atoms with Gasteiger partial charge in [-0.1, -0.05) is 76.7 Å². The van der Waals surface area contributed by atoms with Crippen molar-refractivity contribution in [3.8, 4) is 0 Å². The van der Waals surface area contributed by atoms with E-state index in [1.165, 1.54) is 38.5 Å².